The van der Waals surface area contributed by atoms with E-state index in [2.05, 4.69) is 20.9 Å². The van der Waals surface area contributed by atoms with Crippen LogP contribution in [0.2, 0.25) is 0 Å². The molecule has 124 valence electrons. The Morgan fingerprint density at radius 1 is 1.26 bits per heavy atom. The lowest BCUT2D eigenvalue weighted by atomic mass is 10.2. The van der Waals surface area contributed by atoms with Crippen LogP contribution in [-0.4, -0.2) is 16.6 Å². The van der Waals surface area contributed by atoms with Crippen molar-refractivity contribution in [2.24, 2.45) is 0 Å². The number of halogens is 1. The summed E-state index contributed by atoms with van der Waals surface area (Å²) in [5.41, 5.74) is 6.55. The van der Waals surface area contributed by atoms with Crippen molar-refractivity contribution in [1.82, 2.24) is 9.55 Å². The number of anilines is 2. The molecule has 3 N–H and O–H groups in total. The summed E-state index contributed by atoms with van der Waals surface area (Å²) in [6.45, 7) is 3.05. The number of nitrogens with two attached hydrogens (primary N) is 1. The highest BCUT2D eigenvalue weighted by atomic mass is 79.9. The largest absolute Gasteiger partial charge is 0.383 e. The van der Waals surface area contributed by atoms with E-state index in [4.69, 9.17) is 5.73 Å². The fourth-order valence-corrected chi connectivity index (χ4v) is 2.69. The Kier molecular flexibility index (Phi) is 5.65. The van der Waals surface area contributed by atoms with Crippen LogP contribution >= 0.6 is 15.9 Å². The molecule has 0 saturated heterocycles. The van der Waals surface area contributed by atoms with Gasteiger partial charge in [-0.05, 0) is 24.1 Å². The van der Waals surface area contributed by atoms with Gasteiger partial charge in [-0.15, -0.1) is 0 Å². The number of H-pyrrole nitrogens is 1. The lowest BCUT2D eigenvalue weighted by Crippen LogP contribution is -2.37. The summed E-state index contributed by atoms with van der Waals surface area (Å²) in [4.78, 5) is 28.2. The standard InChI is InChI=1S/C16H21BrN4O2/c1-3-4-9-21-14(18)13(15(22)19-16(21)23)20(2)10-11-5-7-12(17)8-6-11/h5-8H,3-4,9-10,18H2,1-2H3,(H,19,22,23). The predicted octanol–water partition coefficient (Wildman–Crippen LogP) is 2.32. The van der Waals surface area contributed by atoms with E-state index in [0.29, 0.717) is 18.8 Å². The topological polar surface area (TPSA) is 84.1 Å². The number of rotatable bonds is 6. The maximum atomic E-state index is 12.2. The van der Waals surface area contributed by atoms with Crippen LogP contribution in [0.25, 0.3) is 0 Å². The fourth-order valence-electron chi connectivity index (χ4n) is 2.43. The molecule has 7 heteroatoms. The minimum Gasteiger partial charge on any atom is -0.383 e. The van der Waals surface area contributed by atoms with E-state index in [1.54, 1.807) is 11.9 Å². The molecule has 0 atom stereocenters. The van der Waals surface area contributed by atoms with Crippen LogP contribution in [-0.2, 0) is 13.1 Å². The number of aromatic amines is 1. The zero-order valence-electron chi connectivity index (χ0n) is 13.3. The molecule has 0 aliphatic rings. The number of aromatic nitrogens is 2. The molecule has 0 aliphatic heterocycles. The van der Waals surface area contributed by atoms with Crippen LogP contribution in [0.4, 0.5) is 11.5 Å². The molecule has 0 bridgehead atoms. The van der Waals surface area contributed by atoms with Gasteiger partial charge >= 0.3 is 5.69 Å². The first-order valence-electron chi connectivity index (χ1n) is 7.52. The van der Waals surface area contributed by atoms with Crippen LogP contribution in [0.5, 0.6) is 0 Å². The number of nitrogens with one attached hydrogen (secondary N) is 1. The molecule has 6 nitrogen and oxygen atoms in total. The van der Waals surface area contributed by atoms with E-state index in [9.17, 15) is 9.59 Å². The maximum Gasteiger partial charge on any atom is 0.330 e. The van der Waals surface area contributed by atoms with Gasteiger partial charge in [-0.3, -0.25) is 14.3 Å². The minimum atomic E-state index is -0.458. The summed E-state index contributed by atoms with van der Waals surface area (Å²) in [5.74, 6) is 0.215. The lowest BCUT2D eigenvalue weighted by Gasteiger charge is -2.22. The molecule has 0 fully saturated rings. The van der Waals surface area contributed by atoms with Gasteiger partial charge < -0.3 is 10.6 Å². The van der Waals surface area contributed by atoms with Crippen LogP contribution in [0.3, 0.4) is 0 Å². The van der Waals surface area contributed by atoms with Gasteiger partial charge in [0.2, 0.25) is 0 Å². The summed E-state index contributed by atoms with van der Waals surface area (Å²) in [6, 6.07) is 7.83. The van der Waals surface area contributed by atoms with Gasteiger partial charge in [0.15, 0.2) is 0 Å². The SMILES string of the molecule is CCCCn1c(N)c(N(C)Cc2ccc(Br)cc2)c(=O)[nH]c1=O. The van der Waals surface area contributed by atoms with Crippen LogP contribution in [0.1, 0.15) is 25.3 Å². The van der Waals surface area contributed by atoms with Crippen molar-refractivity contribution in [2.45, 2.75) is 32.9 Å². The molecule has 0 saturated carbocycles. The molecule has 0 unspecified atom stereocenters. The van der Waals surface area contributed by atoms with Crippen molar-refractivity contribution in [3.05, 3.63) is 55.1 Å². The number of unbranched alkanes of at least 4 members (excludes halogenated alkanes) is 1. The summed E-state index contributed by atoms with van der Waals surface area (Å²) < 4.78 is 2.42. The lowest BCUT2D eigenvalue weighted by molar-refractivity contribution is 0.603. The molecule has 23 heavy (non-hydrogen) atoms. The zero-order chi connectivity index (χ0) is 17.0. The zero-order valence-corrected chi connectivity index (χ0v) is 14.9. The van der Waals surface area contributed by atoms with E-state index < -0.39 is 11.2 Å². The molecular formula is C16H21BrN4O2. The summed E-state index contributed by atoms with van der Waals surface area (Å²) in [7, 11) is 1.79. The average Bonchev–Trinajstić information content (AvgIpc) is 2.49. The third-order valence-electron chi connectivity index (χ3n) is 3.66. The molecule has 0 radical (unpaired) electrons. The minimum absolute atomic E-state index is 0.215. The van der Waals surface area contributed by atoms with Crippen molar-refractivity contribution in [2.75, 3.05) is 17.7 Å². The Hall–Kier alpha value is -2.02. The molecule has 1 aromatic carbocycles. The Bertz CT molecular complexity index is 780. The smallest absolute Gasteiger partial charge is 0.330 e. The Labute approximate surface area is 143 Å². The molecular weight excluding hydrogens is 360 g/mol. The van der Waals surface area contributed by atoms with Crippen molar-refractivity contribution < 1.29 is 0 Å². The highest BCUT2D eigenvalue weighted by Gasteiger charge is 2.16. The molecule has 0 spiro atoms. The van der Waals surface area contributed by atoms with Gasteiger partial charge in [-0.2, -0.15) is 0 Å². The molecule has 1 aromatic heterocycles. The van der Waals surface area contributed by atoms with Crippen LogP contribution in [0, 0.1) is 0 Å². The van der Waals surface area contributed by atoms with Crippen LogP contribution < -0.4 is 21.9 Å². The van der Waals surface area contributed by atoms with E-state index in [1.165, 1.54) is 4.57 Å². The van der Waals surface area contributed by atoms with Gasteiger partial charge in [0, 0.05) is 24.6 Å². The first kappa shape index (κ1) is 17.3. The average molecular weight is 381 g/mol. The molecule has 1 heterocycles. The van der Waals surface area contributed by atoms with Crippen molar-refractivity contribution in [3.63, 3.8) is 0 Å². The van der Waals surface area contributed by atoms with Gasteiger partial charge in [0.05, 0.1) is 0 Å². The Morgan fingerprint density at radius 3 is 2.52 bits per heavy atom. The van der Waals surface area contributed by atoms with Gasteiger partial charge in [-0.25, -0.2) is 4.79 Å². The third kappa shape index (κ3) is 4.04. The van der Waals surface area contributed by atoms with E-state index >= 15 is 0 Å². The number of hydrogen-bond donors (Lipinski definition) is 2. The first-order valence-corrected chi connectivity index (χ1v) is 8.31. The van der Waals surface area contributed by atoms with Crippen molar-refractivity contribution in [3.8, 4) is 0 Å². The second-order valence-electron chi connectivity index (χ2n) is 5.48. The quantitative estimate of drug-likeness (QED) is 0.805. The van der Waals surface area contributed by atoms with Crippen LogP contribution in [0.15, 0.2) is 38.3 Å². The number of nitrogens with zero attached hydrogens (tertiary/aromatic N) is 2. The Morgan fingerprint density at radius 2 is 1.91 bits per heavy atom. The van der Waals surface area contributed by atoms with E-state index in [0.717, 1.165) is 22.9 Å². The summed E-state index contributed by atoms with van der Waals surface area (Å²) in [5, 5.41) is 0. The predicted molar refractivity (Wildman–Crippen MR) is 96.9 cm³/mol. The Balaban J connectivity index is 2.35. The molecule has 2 aromatic rings. The summed E-state index contributed by atoms with van der Waals surface area (Å²) >= 11 is 3.39. The van der Waals surface area contributed by atoms with Gasteiger partial charge in [0.1, 0.15) is 11.5 Å². The first-order chi connectivity index (χ1) is 10.9. The fraction of sp³-hybridized carbons (Fsp3) is 0.375. The highest BCUT2D eigenvalue weighted by Crippen LogP contribution is 2.19. The number of hydrogen-bond acceptors (Lipinski definition) is 4. The van der Waals surface area contributed by atoms with E-state index in [-0.39, 0.29) is 5.82 Å². The highest BCUT2D eigenvalue weighted by molar-refractivity contribution is 9.10. The van der Waals surface area contributed by atoms with Crippen molar-refractivity contribution in [1.29, 1.82) is 0 Å². The normalized spacial score (nSPS) is 10.7. The molecule has 0 aliphatic carbocycles. The summed E-state index contributed by atoms with van der Waals surface area (Å²) in [6.07, 6.45) is 1.76. The second kappa shape index (κ2) is 7.50. The van der Waals surface area contributed by atoms with Crippen molar-refractivity contribution >= 4 is 27.4 Å². The maximum absolute atomic E-state index is 12.2. The molecule has 2 rings (SSSR count). The van der Waals surface area contributed by atoms with Gasteiger partial charge in [-0.1, -0.05) is 41.4 Å². The third-order valence-corrected chi connectivity index (χ3v) is 4.19. The van der Waals surface area contributed by atoms with Gasteiger partial charge in [0.25, 0.3) is 5.56 Å². The monoisotopic (exact) mass is 380 g/mol. The molecule has 0 amide bonds. The number of nitrogen functional groups attached to an aromatic ring is 1. The second-order valence-corrected chi connectivity index (χ2v) is 6.40. The number of benzene rings is 1. The van der Waals surface area contributed by atoms with E-state index in [1.807, 2.05) is 31.2 Å².